The molecule has 0 aromatic heterocycles. The van der Waals surface area contributed by atoms with Crippen LogP contribution in [0.4, 0.5) is 0 Å². The Hall–Kier alpha value is -0.530. The van der Waals surface area contributed by atoms with Crippen molar-refractivity contribution in [3.63, 3.8) is 0 Å². The van der Waals surface area contributed by atoms with Gasteiger partial charge in [0.2, 0.25) is 0 Å². The molecule has 2 rings (SSSR count). The Labute approximate surface area is 105 Å². The van der Waals surface area contributed by atoms with Crippen LogP contribution in [0.15, 0.2) is 0 Å². The van der Waals surface area contributed by atoms with Crippen LogP contribution in [0, 0.1) is 17.8 Å². The van der Waals surface area contributed by atoms with Crippen molar-refractivity contribution in [2.45, 2.75) is 70.6 Å². The fraction of sp³-hybridized carbons (Fsp3) is 0.933. The first kappa shape index (κ1) is 12.9. The van der Waals surface area contributed by atoms with E-state index in [1.54, 1.807) is 0 Å². The molecule has 0 aliphatic heterocycles. The number of rotatable bonds is 5. The lowest BCUT2D eigenvalue weighted by molar-refractivity contribution is -0.137. The Kier molecular flexibility index (Phi) is 4.87. The second-order valence-electron chi connectivity index (χ2n) is 6.12. The Morgan fingerprint density at radius 3 is 2.53 bits per heavy atom. The van der Waals surface area contributed by atoms with Gasteiger partial charge >= 0.3 is 5.97 Å². The van der Waals surface area contributed by atoms with Crippen molar-refractivity contribution in [2.75, 3.05) is 0 Å². The number of carboxylic acids is 1. The van der Waals surface area contributed by atoms with Gasteiger partial charge < -0.3 is 5.11 Å². The van der Waals surface area contributed by atoms with E-state index in [1.165, 1.54) is 51.4 Å². The first-order chi connectivity index (χ1) is 8.25. The lowest BCUT2D eigenvalue weighted by Crippen LogP contribution is -2.27. The zero-order valence-corrected chi connectivity index (χ0v) is 10.9. The van der Waals surface area contributed by atoms with E-state index in [0.717, 1.165) is 30.6 Å². The molecule has 2 aliphatic rings. The summed E-state index contributed by atoms with van der Waals surface area (Å²) < 4.78 is 0. The van der Waals surface area contributed by atoms with Crippen molar-refractivity contribution in [2.24, 2.45) is 17.8 Å². The number of carboxylic acid groups (broad SMARTS) is 1. The molecular weight excluding hydrogens is 212 g/mol. The third-order valence-corrected chi connectivity index (χ3v) is 4.90. The zero-order valence-electron chi connectivity index (χ0n) is 10.9. The van der Waals surface area contributed by atoms with Crippen LogP contribution >= 0.6 is 0 Å². The highest BCUT2D eigenvalue weighted by Crippen LogP contribution is 2.43. The first-order valence-corrected chi connectivity index (χ1v) is 7.47. The third kappa shape index (κ3) is 4.01. The van der Waals surface area contributed by atoms with Gasteiger partial charge in [-0.05, 0) is 37.0 Å². The van der Waals surface area contributed by atoms with Gasteiger partial charge in [0.25, 0.3) is 0 Å². The van der Waals surface area contributed by atoms with E-state index < -0.39 is 5.97 Å². The summed E-state index contributed by atoms with van der Waals surface area (Å²) in [6, 6.07) is 0. The summed E-state index contributed by atoms with van der Waals surface area (Å²) in [6.07, 6.45) is 13.8. The molecule has 98 valence electrons. The van der Waals surface area contributed by atoms with Crippen LogP contribution in [-0.4, -0.2) is 11.1 Å². The van der Waals surface area contributed by atoms with Gasteiger partial charge in [-0.1, -0.05) is 44.9 Å². The van der Waals surface area contributed by atoms with E-state index in [0.29, 0.717) is 6.42 Å². The number of carbonyl (C=O) groups is 1. The molecule has 2 heteroatoms. The highest BCUT2D eigenvalue weighted by molar-refractivity contribution is 5.66. The quantitative estimate of drug-likeness (QED) is 0.727. The minimum atomic E-state index is -0.638. The topological polar surface area (TPSA) is 37.3 Å². The van der Waals surface area contributed by atoms with Crippen LogP contribution in [0.25, 0.3) is 0 Å². The molecule has 0 heterocycles. The minimum absolute atomic E-state index is 0.360. The van der Waals surface area contributed by atoms with E-state index in [-0.39, 0.29) is 0 Å². The predicted octanol–water partition coefficient (Wildman–Crippen LogP) is 4.24. The Bertz CT molecular complexity index is 249. The summed E-state index contributed by atoms with van der Waals surface area (Å²) in [5.74, 6) is 2.32. The average molecular weight is 238 g/mol. The van der Waals surface area contributed by atoms with Crippen molar-refractivity contribution in [1.82, 2.24) is 0 Å². The summed E-state index contributed by atoms with van der Waals surface area (Å²) in [5, 5.41) is 8.60. The molecule has 0 amide bonds. The molecule has 2 nitrogen and oxygen atoms in total. The molecule has 0 bridgehead atoms. The van der Waals surface area contributed by atoms with E-state index in [1.807, 2.05) is 0 Å². The lowest BCUT2D eigenvalue weighted by atomic mass is 9.67. The van der Waals surface area contributed by atoms with Gasteiger partial charge in [0.1, 0.15) is 0 Å². The molecule has 2 fully saturated rings. The van der Waals surface area contributed by atoms with Crippen molar-refractivity contribution in [3.05, 3.63) is 0 Å². The van der Waals surface area contributed by atoms with Crippen molar-refractivity contribution < 1.29 is 9.90 Å². The highest BCUT2D eigenvalue weighted by Gasteiger charge is 2.31. The minimum Gasteiger partial charge on any atom is -0.481 e. The molecule has 17 heavy (non-hydrogen) atoms. The molecule has 1 N–H and O–H groups in total. The standard InChI is InChI=1S/C15H26O2/c16-15(17)8-4-1-5-12-9-10-13-6-2-3-7-14(13)11-12/h12-14H,1-11H2,(H,16,17)/t12-,13-,14-/m1/s1. The second kappa shape index (κ2) is 6.42. The van der Waals surface area contributed by atoms with Crippen LogP contribution < -0.4 is 0 Å². The molecular formula is C15H26O2. The molecule has 2 saturated carbocycles. The van der Waals surface area contributed by atoms with Crippen LogP contribution in [-0.2, 0) is 4.79 Å². The van der Waals surface area contributed by atoms with Crippen LogP contribution in [0.2, 0.25) is 0 Å². The van der Waals surface area contributed by atoms with Gasteiger partial charge in [0.05, 0.1) is 0 Å². The van der Waals surface area contributed by atoms with Crippen LogP contribution in [0.3, 0.4) is 0 Å². The summed E-state index contributed by atoms with van der Waals surface area (Å²) in [6.45, 7) is 0. The molecule has 0 unspecified atom stereocenters. The fourth-order valence-corrected chi connectivity index (χ4v) is 3.94. The monoisotopic (exact) mass is 238 g/mol. The third-order valence-electron chi connectivity index (χ3n) is 4.90. The SMILES string of the molecule is O=C(O)CCCC[C@@H]1CC[C@H]2CCCC[C@@H]2C1. The van der Waals surface area contributed by atoms with E-state index >= 15 is 0 Å². The number of hydrogen-bond donors (Lipinski definition) is 1. The van der Waals surface area contributed by atoms with Gasteiger partial charge in [0, 0.05) is 6.42 Å². The zero-order chi connectivity index (χ0) is 12.1. The summed E-state index contributed by atoms with van der Waals surface area (Å²) in [5.41, 5.74) is 0. The van der Waals surface area contributed by atoms with Gasteiger partial charge in [-0.3, -0.25) is 4.79 Å². The van der Waals surface area contributed by atoms with Crippen molar-refractivity contribution in [3.8, 4) is 0 Å². The lowest BCUT2D eigenvalue weighted by Gasteiger charge is -2.39. The molecule has 0 saturated heterocycles. The van der Waals surface area contributed by atoms with E-state index in [9.17, 15) is 4.79 Å². The maximum Gasteiger partial charge on any atom is 0.303 e. The average Bonchev–Trinajstić information content (AvgIpc) is 2.34. The smallest absolute Gasteiger partial charge is 0.303 e. The number of unbranched alkanes of at least 4 members (excludes halogenated alkanes) is 1. The maximum atomic E-state index is 10.4. The number of aliphatic carboxylic acids is 1. The molecule has 0 spiro atoms. The maximum absolute atomic E-state index is 10.4. The summed E-state index contributed by atoms with van der Waals surface area (Å²) in [7, 11) is 0. The van der Waals surface area contributed by atoms with Crippen LogP contribution in [0.5, 0.6) is 0 Å². The van der Waals surface area contributed by atoms with Gasteiger partial charge in [0.15, 0.2) is 0 Å². The van der Waals surface area contributed by atoms with Crippen molar-refractivity contribution in [1.29, 1.82) is 0 Å². The van der Waals surface area contributed by atoms with Gasteiger partial charge in [-0.15, -0.1) is 0 Å². The highest BCUT2D eigenvalue weighted by atomic mass is 16.4. The van der Waals surface area contributed by atoms with Gasteiger partial charge in [-0.25, -0.2) is 0 Å². The molecule has 0 radical (unpaired) electrons. The Morgan fingerprint density at radius 2 is 1.76 bits per heavy atom. The molecule has 2 aliphatic carbocycles. The Balaban J connectivity index is 1.64. The van der Waals surface area contributed by atoms with E-state index in [2.05, 4.69) is 0 Å². The van der Waals surface area contributed by atoms with Crippen LogP contribution in [0.1, 0.15) is 70.6 Å². The molecule has 3 atom stereocenters. The fourth-order valence-electron chi connectivity index (χ4n) is 3.94. The normalized spacial score (nSPS) is 33.1. The van der Waals surface area contributed by atoms with E-state index in [4.69, 9.17) is 5.11 Å². The first-order valence-electron chi connectivity index (χ1n) is 7.47. The Morgan fingerprint density at radius 1 is 1.00 bits per heavy atom. The largest absolute Gasteiger partial charge is 0.481 e. The summed E-state index contributed by atoms with van der Waals surface area (Å²) >= 11 is 0. The van der Waals surface area contributed by atoms with Gasteiger partial charge in [-0.2, -0.15) is 0 Å². The molecule has 0 aromatic rings. The summed E-state index contributed by atoms with van der Waals surface area (Å²) in [4.78, 5) is 10.4. The number of hydrogen-bond acceptors (Lipinski definition) is 1. The molecule has 0 aromatic carbocycles. The van der Waals surface area contributed by atoms with Crippen molar-refractivity contribution >= 4 is 5.97 Å². The predicted molar refractivity (Wildman–Crippen MR) is 68.9 cm³/mol. The second-order valence-corrected chi connectivity index (χ2v) is 6.12. The number of fused-ring (bicyclic) bond motifs is 1.